The number of benzene rings is 3. The Hall–Kier alpha value is -4.04. The zero-order chi connectivity index (χ0) is 23.0. The van der Waals surface area contributed by atoms with Gasteiger partial charge in [-0.15, -0.1) is 0 Å². The second-order valence-corrected chi connectivity index (χ2v) is 7.43. The van der Waals surface area contributed by atoms with Gasteiger partial charge in [-0.25, -0.2) is 5.43 Å². The van der Waals surface area contributed by atoms with Gasteiger partial charge in [-0.05, 0) is 48.0 Å². The number of amides is 2. The van der Waals surface area contributed by atoms with Crippen LogP contribution in [0, 0.1) is 0 Å². The largest absolute Gasteiger partial charge is 0.488 e. The molecule has 33 heavy (non-hydrogen) atoms. The summed E-state index contributed by atoms with van der Waals surface area (Å²) in [7, 11) is 0. The van der Waals surface area contributed by atoms with Crippen LogP contribution in [0.25, 0.3) is 0 Å². The van der Waals surface area contributed by atoms with Crippen molar-refractivity contribution in [2.75, 3.05) is 13.3 Å². The van der Waals surface area contributed by atoms with Crippen molar-refractivity contribution in [1.82, 2.24) is 10.7 Å². The van der Waals surface area contributed by atoms with Gasteiger partial charge in [-0.3, -0.25) is 9.59 Å². The van der Waals surface area contributed by atoms with E-state index in [2.05, 4.69) is 15.8 Å². The molecule has 0 spiro atoms. The maximum Gasteiger partial charge on any atom is 0.259 e. The molecule has 0 saturated heterocycles. The zero-order valence-electron chi connectivity index (χ0n) is 17.4. The topological polar surface area (TPSA) is 98.3 Å². The highest BCUT2D eigenvalue weighted by Crippen LogP contribution is 2.32. The minimum Gasteiger partial charge on any atom is -0.488 e. The van der Waals surface area contributed by atoms with E-state index in [9.17, 15) is 9.59 Å². The number of hydrogen-bond donors (Lipinski definition) is 2. The predicted octanol–water partition coefficient (Wildman–Crippen LogP) is 3.53. The summed E-state index contributed by atoms with van der Waals surface area (Å²) in [5, 5.41) is 7.16. The van der Waals surface area contributed by atoms with Gasteiger partial charge in [0, 0.05) is 16.1 Å². The monoisotopic (exact) mass is 465 g/mol. The van der Waals surface area contributed by atoms with Crippen LogP contribution in [0.4, 0.5) is 0 Å². The first-order valence-electron chi connectivity index (χ1n) is 10.0. The normalized spacial score (nSPS) is 11.9. The number of para-hydroxylation sites is 1. The zero-order valence-corrected chi connectivity index (χ0v) is 18.2. The van der Waals surface area contributed by atoms with Crippen molar-refractivity contribution in [1.29, 1.82) is 0 Å². The molecule has 2 N–H and O–H groups in total. The van der Waals surface area contributed by atoms with E-state index in [1.54, 1.807) is 30.3 Å². The van der Waals surface area contributed by atoms with Crippen molar-refractivity contribution < 1.29 is 23.8 Å². The lowest BCUT2D eigenvalue weighted by atomic mass is 10.2. The fraction of sp³-hybridized carbons (Fsp3) is 0.125. The highest BCUT2D eigenvalue weighted by Gasteiger charge is 2.16. The lowest BCUT2D eigenvalue weighted by Crippen LogP contribution is -2.34. The maximum absolute atomic E-state index is 12.2. The van der Waals surface area contributed by atoms with Crippen LogP contribution in [0.2, 0.25) is 5.02 Å². The van der Waals surface area contributed by atoms with E-state index in [0.717, 1.165) is 5.56 Å². The number of nitrogens with zero attached hydrogens (tertiary/aromatic N) is 1. The summed E-state index contributed by atoms with van der Waals surface area (Å²) in [6.45, 7) is 0.246. The number of hydrogen-bond acceptors (Lipinski definition) is 6. The Morgan fingerprint density at radius 2 is 1.82 bits per heavy atom. The second kappa shape index (κ2) is 10.5. The minimum atomic E-state index is -0.472. The molecule has 0 bridgehead atoms. The van der Waals surface area contributed by atoms with E-state index in [1.165, 1.54) is 6.21 Å². The Labute approximate surface area is 195 Å². The number of rotatable bonds is 8. The molecule has 8 nitrogen and oxygen atoms in total. The van der Waals surface area contributed by atoms with Gasteiger partial charge in [-0.1, -0.05) is 35.9 Å². The number of halogens is 1. The van der Waals surface area contributed by atoms with Crippen LogP contribution in [0.3, 0.4) is 0 Å². The third kappa shape index (κ3) is 6.02. The smallest absolute Gasteiger partial charge is 0.259 e. The number of fused-ring (bicyclic) bond motifs is 1. The molecule has 0 fully saturated rings. The molecule has 3 aromatic carbocycles. The summed E-state index contributed by atoms with van der Waals surface area (Å²) in [5.74, 6) is 0.805. The molecule has 1 aliphatic rings. The van der Waals surface area contributed by atoms with Crippen LogP contribution in [0.5, 0.6) is 17.2 Å². The fourth-order valence-electron chi connectivity index (χ4n) is 2.97. The summed E-state index contributed by atoms with van der Waals surface area (Å²) >= 11 is 5.90. The van der Waals surface area contributed by atoms with Crippen molar-refractivity contribution in [3.8, 4) is 17.2 Å². The van der Waals surface area contributed by atoms with Crippen LogP contribution in [-0.2, 0) is 11.4 Å². The molecule has 0 aliphatic carbocycles. The SMILES string of the molecule is O=C(CNC(=O)c1ccc2c(c1)OCO2)N/N=C\c1ccccc1OCc1ccc(Cl)cc1. The molecule has 168 valence electrons. The van der Waals surface area contributed by atoms with Crippen LogP contribution in [0.1, 0.15) is 21.5 Å². The van der Waals surface area contributed by atoms with Crippen LogP contribution < -0.4 is 25.0 Å². The van der Waals surface area contributed by atoms with Crippen molar-refractivity contribution in [2.24, 2.45) is 5.10 Å². The van der Waals surface area contributed by atoms with Gasteiger partial charge in [-0.2, -0.15) is 5.10 Å². The van der Waals surface area contributed by atoms with Crippen molar-refractivity contribution in [3.05, 3.63) is 88.4 Å². The highest BCUT2D eigenvalue weighted by atomic mass is 35.5. The molecule has 9 heteroatoms. The summed E-state index contributed by atoms with van der Waals surface area (Å²) < 4.78 is 16.3. The summed E-state index contributed by atoms with van der Waals surface area (Å²) in [5.41, 5.74) is 4.41. The number of carbonyl (C=O) groups is 2. The van der Waals surface area contributed by atoms with E-state index in [1.807, 2.05) is 36.4 Å². The molecular formula is C24H20ClN3O5. The molecule has 0 aromatic heterocycles. The molecule has 0 saturated carbocycles. The molecule has 1 aliphatic heterocycles. The minimum absolute atomic E-state index is 0.121. The Morgan fingerprint density at radius 1 is 1.03 bits per heavy atom. The fourth-order valence-corrected chi connectivity index (χ4v) is 3.10. The number of carbonyl (C=O) groups excluding carboxylic acids is 2. The van der Waals surface area contributed by atoms with Gasteiger partial charge in [0.1, 0.15) is 12.4 Å². The average molecular weight is 466 g/mol. The van der Waals surface area contributed by atoms with Crippen molar-refractivity contribution >= 4 is 29.6 Å². The maximum atomic E-state index is 12.2. The molecule has 2 amide bonds. The summed E-state index contributed by atoms with van der Waals surface area (Å²) in [4.78, 5) is 24.3. The lowest BCUT2D eigenvalue weighted by Gasteiger charge is -2.09. The Kier molecular flexibility index (Phi) is 7.06. The highest BCUT2D eigenvalue weighted by molar-refractivity contribution is 6.30. The number of nitrogens with one attached hydrogen (secondary N) is 2. The van der Waals surface area contributed by atoms with Crippen LogP contribution in [0.15, 0.2) is 71.8 Å². The first-order valence-corrected chi connectivity index (χ1v) is 10.4. The molecule has 0 radical (unpaired) electrons. The van der Waals surface area contributed by atoms with E-state index in [-0.39, 0.29) is 13.3 Å². The van der Waals surface area contributed by atoms with E-state index in [4.69, 9.17) is 25.8 Å². The summed E-state index contributed by atoms with van der Waals surface area (Å²) in [6, 6.07) is 19.5. The standard InChI is InChI=1S/C24H20ClN3O5/c25-19-8-5-16(6-9-19)14-31-20-4-2-1-3-18(20)12-27-28-23(29)13-26-24(30)17-7-10-21-22(11-17)33-15-32-21/h1-12H,13-15H2,(H,26,30)(H,28,29)/b27-12-. The van der Waals surface area contributed by atoms with Crippen LogP contribution >= 0.6 is 11.6 Å². The molecule has 3 aromatic rings. The first kappa shape index (κ1) is 22.2. The van der Waals surface area contributed by atoms with E-state index in [0.29, 0.717) is 40.0 Å². The Morgan fingerprint density at radius 3 is 2.67 bits per heavy atom. The lowest BCUT2D eigenvalue weighted by molar-refractivity contribution is -0.120. The van der Waals surface area contributed by atoms with Gasteiger partial charge in [0.2, 0.25) is 6.79 Å². The third-order valence-corrected chi connectivity index (χ3v) is 4.92. The van der Waals surface area contributed by atoms with E-state index < -0.39 is 11.8 Å². The Bertz CT molecular complexity index is 1180. The first-order chi connectivity index (χ1) is 16.1. The van der Waals surface area contributed by atoms with Gasteiger partial charge < -0.3 is 19.5 Å². The average Bonchev–Trinajstić information content (AvgIpc) is 3.31. The third-order valence-electron chi connectivity index (χ3n) is 4.66. The molecular weight excluding hydrogens is 446 g/mol. The van der Waals surface area contributed by atoms with Crippen molar-refractivity contribution in [3.63, 3.8) is 0 Å². The molecule has 4 rings (SSSR count). The number of ether oxygens (including phenoxy) is 3. The van der Waals surface area contributed by atoms with Crippen molar-refractivity contribution in [2.45, 2.75) is 6.61 Å². The van der Waals surface area contributed by atoms with Gasteiger partial charge in [0.15, 0.2) is 11.5 Å². The molecule has 0 unspecified atom stereocenters. The summed E-state index contributed by atoms with van der Waals surface area (Å²) in [6.07, 6.45) is 1.48. The quantitative estimate of drug-likeness (QED) is 0.392. The second-order valence-electron chi connectivity index (χ2n) is 7.00. The predicted molar refractivity (Wildman–Crippen MR) is 123 cm³/mol. The molecule has 1 heterocycles. The van der Waals surface area contributed by atoms with Gasteiger partial charge in [0.25, 0.3) is 11.8 Å². The van der Waals surface area contributed by atoms with Gasteiger partial charge in [0.05, 0.1) is 12.8 Å². The number of hydrazone groups is 1. The van der Waals surface area contributed by atoms with E-state index >= 15 is 0 Å². The Balaban J connectivity index is 1.27. The van der Waals surface area contributed by atoms with Crippen LogP contribution in [-0.4, -0.2) is 31.4 Å². The molecule has 0 atom stereocenters. The van der Waals surface area contributed by atoms with Gasteiger partial charge >= 0.3 is 0 Å².